The van der Waals surface area contributed by atoms with Crippen LogP contribution < -0.4 is 5.32 Å². The SMILES string of the molecule is CC1CN(C(=O)c2cc(C(F)(F)F)cc(C(F)(F)F)c2)CCN1.Cl. The van der Waals surface area contributed by atoms with Crippen molar-refractivity contribution in [2.24, 2.45) is 0 Å². The Morgan fingerprint density at radius 2 is 1.58 bits per heavy atom. The lowest BCUT2D eigenvalue weighted by atomic mass is 10.0. The second-order valence-corrected chi connectivity index (χ2v) is 5.40. The van der Waals surface area contributed by atoms with E-state index in [1.54, 1.807) is 6.92 Å². The molecule has 1 heterocycles. The van der Waals surface area contributed by atoms with E-state index in [4.69, 9.17) is 0 Å². The first kappa shape index (κ1) is 20.6. The fourth-order valence-corrected chi connectivity index (χ4v) is 2.38. The predicted octanol–water partition coefficient (Wildman–Crippen LogP) is 3.58. The van der Waals surface area contributed by atoms with Gasteiger partial charge in [-0.2, -0.15) is 26.3 Å². The van der Waals surface area contributed by atoms with Crippen molar-refractivity contribution in [1.29, 1.82) is 0 Å². The Morgan fingerprint density at radius 1 is 1.08 bits per heavy atom. The van der Waals surface area contributed by atoms with E-state index in [1.165, 1.54) is 4.90 Å². The van der Waals surface area contributed by atoms with Crippen LogP contribution in [0.1, 0.15) is 28.4 Å². The van der Waals surface area contributed by atoms with Gasteiger partial charge in [0.05, 0.1) is 11.1 Å². The molecular formula is C14H15ClF6N2O. The van der Waals surface area contributed by atoms with Crippen LogP contribution in [0.4, 0.5) is 26.3 Å². The standard InChI is InChI=1S/C14H14F6N2O.ClH/c1-8-7-22(3-2-21-8)12(23)9-4-10(13(15,16)17)6-11(5-9)14(18,19)20;/h4-6,8,21H,2-3,7H2,1H3;1H. The topological polar surface area (TPSA) is 32.3 Å². The second kappa shape index (κ2) is 7.18. The number of hydrogen-bond acceptors (Lipinski definition) is 2. The summed E-state index contributed by atoms with van der Waals surface area (Å²) in [6.07, 6.45) is -9.93. The van der Waals surface area contributed by atoms with E-state index in [0.717, 1.165) is 0 Å². The third-order valence-electron chi connectivity index (χ3n) is 3.49. The normalized spacial score (nSPS) is 19.0. The van der Waals surface area contributed by atoms with Crippen LogP contribution in [0.5, 0.6) is 0 Å². The Morgan fingerprint density at radius 3 is 2.00 bits per heavy atom. The second-order valence-electron chi connectivity index (χ2n) is 5.40. The quantitative estimate of drug-likeness (QED) is 0.760. The maximum absolute atomic E-state index is 12.8. The van der Waals surface area contributed by atoms with Crippen molar-refractivity contribution < 1.29 is 31.1 Å². The van der Waals surface area contributed by atoms with Gasteiger partial charge >= 0.3 is 12.4 Å². The van der Waals surface area contributed by atoms with Crippen molar-refractivity contribution in [3.05, 3.63) is 34.9 Å². The van der Waals surface area contributed by atoms with Gasteiger partial charge in [-0.1, -0.05) is 0 Å². The third kappa shape index (κ3) is 4.76. The number of carbonyl (C=O) groups is 1. The van der Waals surface area contributed by atoms with E-state index in [2.05, 4.69) is 5.32 Å². The molecule has 136 valence electrons. The van der Waals surface area contributed by atoms with E-state index >= 15 is 0 Å². The van der Waals surface area contributed by atoms with Gasteiger partial charge in [-0.25, -0.2) is 0 Å². The van der Waals surface area contributed by atoms with Crippen molar-refractivity contribution >= 4 is 18.3 Å². The van der Waals surface area contributed by atoms with Gasteiger partial charge in [0.25, 0.3) is 5.91 Å². The monoisotopic (exact) mass is 376 g/mol. The Bertz CT molecular complexity index is 570. The molecule has 24 heavy (non-hydrogen) atoms. The average Bonchev–Trinajstić information content (AvgIpc) is 2.44. The first-order chi connectivity index (χ1) is 10.5. The smallest absolute Gasteiger partial charge is 0.336 e. The Kier molecular flexibility index (Phi) is 6.15. The Labute approximate surface area is 140 Å². The molecule has 3 nitrogen and oxygen atoms in total. The van der Waals surface area contributed by atoms with Crippen LogP contribution in [0.2, 0.25) is 0 Å². The molecule has 2 rings (SSSR count). The lowest BCUT2D eigenvalue weighted by molar-refractivity contribution is -0.143. The molecule has 1 fully saturated rings. The van der Waals surface area contributed by atoms with Gasteiger partial charge in [0.15, 0.2) is 0 Å². The molecule has 1 N–H and O–H groups in total. The minimum atomic E-state index is -4.97. The molecule has 1 saturated heterocycles. The summed E-state index contributed by atoms with van der Waals surface area (Å²) in [4.78, 5) is 13.5. The molecule has 0 saturated carbocycles. The summed E-state index contributed by atoms with van der Waals surface area (Å²) in [5.41, 5.74) is -3.58. The van der Waals surface area contributed by atoms with Gasteiger partial charge in [0.2, 0.25) is 0 Å². The fraction of sp³-hybridized carbons (Fsp3) is 0.500. The maximum atomic E-state index is 12.8. The van der Waals surface area contributed by atoms with E-state index in [-0.39, 0.29) is 37.6 Å². The van der Waals surface area contributed by atoms with E-state index in [1.807, 2.05) is 0 Å². The van der Waals surface area contributed by atoms with Gasteiger partial charge in [0.1, 0.15) is 0 Å². The summed E-state index contributed by atoms with van der Waals surface area (Å²) in [6, 6.07) is 0.853. The number of nitrogens with zero attached hydrogens (tertiary/aromatic N) is 1. The van der Waals surface area contributed by atoms with Gasteiger partial charge in [-0.05, 0) is 25.1 Å². The van der Waals surface area contributed by atoms with Crippen LogP contribution in [-0.4, -0.2) is 36.5 Å². The van der Waals surface area contributed by atoms with Crippen molar-refractivity contribution in [3.8, 4) is 0 Å². The first-order valence-electron chi connectivity index (χ1n) is 6.80. The van der Waals surface area contributed by atoms with Crippen LogP contribution >= 0.6 is 12.4 Å². The zero-order valence-corrected chi connectivity index (χ0v) is 13.3. The van der Waals surface area contributed by atoms with Crippen molar-refractivity contribution in [1.82, 2.24) is 10.2 Å². The van der Waals surface area contributed by atoms with Crippen LogP contribution in [0.3, 0.4) is 0 Å². The van der Waals surface area contributed by atoms with Crippen LogP contribution in [0.25, 0.3) is 0 Å². The highest BCUT2D eigenvalue weighted by Gasteiger charge is 2.38. The van der Waals surface area contributed by atoms with Gasteiger partial charge in [0, 0.05) is 31.2 Å². The number of nitrogens with one attached hydrogen (secondary N) is 1. The molecule has 0 aliphatic carbocycles. The molecule has 1 aliphatic rings. The zero-order chi connectivity index (χ0) is 17.4. The van der Waals surface area contributed by atoms with E-state index in [9.17, 15) is 31.1 Å². The number of benzene rings is 1. The number of alkyl halides is 6. The molecule has 0 radical (unpaired) electrons. The molecule has 0 aromatic heterocycles. The minimum Gasteiger partial charge on any atom is -0.336 e. The highest BCUT2D eigenvalue weighted by atomic mass is 35.5. The largest absolute Gasteiger partial charge is 0.416 e. The fourth-order valence-electron chi connectivity index (χ4n) is 2.38. The molecular weight excluding hydrogens is 362 g/mol. The highest BCUT2D eigenvalue weighted by molar-refractivity contribution is 5.94. The van der Waals surface area contributed by atoms with E-state index in [0.29, 0.717) is 18.7 Å². The van der Waals surface area contributed by atoms with Gasteiger partial charge in [-0.15, -0.1) is 12.4 Å². The van der Waals surface area contributed by atoms with Gasteiger partial charge in [-0.3, -0.25) is 4.79 Å². The molecule has 1 aromatic rings. The van der Waals surface area contributed by atoms with Crippen molar-refractivity contribution in [2.75, 3.05) is 19.6 Å². The number of amides is 1. The lowest BCUT2D eigenvalue weighted by Gasteiger charge is -2.32. The number of rotatable bonds is 1. The Hall–Kier alpha value is -1.48. The summed E-state index contributed by atoms with van der Waals surface area (Å²) >= 11 is 0. The Balaban J connectivity index is 0.00000288. The molecule has 10 heteroatoms. The summed E-state index contributed by atoms with van der Waals surface area (Å²) < 4.78 is 76.8. The summed E-state index contributed by atoms with van der Waals surface area (Å²) in [7, 11) is 0. The first-order valence-corrected chi connectivity index (χ1v) is 6.80. The third-order valence-corrected chi connectivity index (χ3v) is 3.49. The number of halogens is 7. The lowest BCUT2D eigenvalue weighted by Crippen LogP contribution is -2.51. The average molecular weight is 377 g/mol. The molecule has 0 spiro atoms. The maximum Gasteiger partial charge on any atom is 0.416 e. The molecule has 1 atom stereocenters. The zero-order valence-electron chi connectivity index (χ0n) is 12.5. The van der Waals surface area contributed by atoms with Crippen molar-refractivity contribution in [2.45, 2.75) is 25.3 Å². The minimum absolute atomic E-state index is 0. The van der Waals surface area contributed by atoms with Crippen LogP contribution in [-0.2, 0) is 12.4 Å². The molecule has 0 bridgehead atoms. The number of carbonyl (C=O) groups excluding carboxylic acids is 1. The molecule has 1 unspecified atom stereocenters. The van der Waals surface area contributed by atoms with Crippen LogP contribution in [0.15, 0.2) is 18.2 Å². The highest BCUT2D eigenvalue weighted by Crippen LogP contribution is 2.36. The molecule has 1 amide bonds. The number of piperazine rings is 1. The van der Waals surface area contributed by atoms with Gasteiger partial charge < -0.3 is 10.2 Å². The molecule has 1 aliphatic heterocycles. The molecule has 1 aromatic carbocycles. The summed E-state index contributed by atoms with van der Waals surface area (Å²) in [5, 5.41) is 3.04. The van der Waals surface area contributed by atoms with Crippen LogP contribution in [0, 0.1) is 0 Å². The van der Waals surface area contributed by atoms with Crippen molar-refractivity contribution in [3.63, 3.8) is 0 Å². The predicted molar refractivity (Wildman–Crippen MR) is 77.1 cm³/mol. The number of hydrogen-bond donors (Lipinski definition) is 1. The summed E-state index contributed by atoms with van der Waals surface area (Å²) in [6.45, 7) is 2.64. The summed E-state index contributed by atoms with van der Waals surface area (Å²) in [5.74, 6) is -0.838. The van der Waals surface area contributed by atoms with E-state index < -0.39 is 35.0 Å².